The molecule has 1 heterocycles. The number of hydrogen-bond donors (Lipinski definition) is 1. The topological polar surface area (TPSA) is 101 Å². The summed E-state index contributed by atoms with van der Waals surface area (Å²) in [6, 6.07) is 6.29. The first-order valence-electron chi connectivity index (χ1n) is 13.3. The van der Waals surface area contributed by atoms with E-state index in [9.17, 15) is 14.9 Å². The fourth-order valence-corrected chi connectivity index (χ4v) is 5.86. The molecule has 200 valence electrons. The number of carbonyl (C=O) groups is 2. The van der Waals surface area contributed by atoms with E-state index in [1.165, 1.54) is 6.92 Å². The summed E-state index contributed by atoms with van der Waals surface area (Å²) in [4.78, 5) is 29.1. The molecule has 1 aliphatic heterocycles. The quantitative estimate of drug-likeness (QED) is 0.298. The summed E-state index contributed by atoms with van der Waals surface area (Å²) in [5, 5.41) is 12.9. The Kier molecular flexibility index (Phi) is 10.7. The van der Waals surface area contributed by atoms with Crippen LogP contribution in [0.4, 0.5) is 0 Å². The highest BCUT2D eigenvalue weighted by molar-refractivity contribution is 9.10. The van der Waals surface area contributed by atoms with Crippen LogP contribution in [-0.2, 0) is 9.59 Å². The number of ketones is 1. The number of halogens is 1. The van der Waals surface area contributed by atoms with Gasteiger partial charge in [0.15, 0.2) is 17.3 Å². The molecule has 37 heavy (non-hydrogen) atoms. The van der Waals surface area contributed by atoms with Gasteiger partial charge in [-0.2, -0.15) is 5.26 Å². The number of nitrogens with one attached hydrogen (secondary N) is 1. The van der Waals surface area contributed by atoms with Gasteiger partial charge >= 0.3 is 0 Å². The number of rotatable bonds is 12. The van der Waals surface area contributed by atoms with Crippen LogP contribution in [0.5, 0.6) is 11.5 Å². The number of nitrogens with zero attached hydrogens (tertiary/aromatic N) is 2. The molecule has 1 aromatic carbocycles. The smallest absolute Gasteiger partial charge is 0.216 e. The first kappa shape index (κ1) is 28.9. The van der Waals surface area contributed by atoms with E-state index in [4.69, 9.17) is 14.5 Å². The lowest BCUT2D eigenvalue weighted by atomic mass is 9.70. The van der Waals surface area contributed by atoms with E-state index < -0.39 is 5.92 Å². The van der Waals surface area contributed by atoms with Crippen LogP contribution in [0.2, 0.25) is 0 Å². The van der Waals surface area contributed by atoms with E-state index in [1.807, 2.05) is 26.0 Å². The standard InChI is InChI=1S/C29H38BrN3O4/c1-5-10-20-13-24-28(25(35)14-20)27(22(17-31)18(3)33-24)21-15-23(30)29(26(16-21)36-6-2)37-12-9-7-8-11-32-19(4)34/h15-16,20,22,27H,5-14H2,1-4H3,(H,32,34). The molecule has 1 amide bonds. The Bertz CT molecular complexity index is 1110. The number of aliphatic imine (C=N–C) groups is 1. The van der Waals surface area contributed by atoms with Crippen molar-refractivity contribution >= 4 is 33.3 Å². The van der Waals surface area contributed by atoms with Crippen LogP contribution in [0, 0.1) is 23.2 Å². The van der Waals surface area contributed by atoms with E-state index in [0.29, 0.717) is 49.2 Å². The van der Waals surface area contributed by atoms with Crippen LogP contribution in [0.3, 0.4) is 0 Å². The van der Waals surface area contributed by atoms with Gasteiger partial charge in [-0.1, -0.05) is 13.3 Å². The number of amides is 1. The van der Waals surface area contributed by atoms with Crippen LogP contribution in [0.25, 0.3) is 0 Å². The van der Waals surface area contributed by atoms with Gasteiger partial charge in [0.1, 0.15) is 0 Å². The van der Waals surface area contributed by atoms with Gasteiger partial charge in [-0.05, 0) is 85.5 Å². The number of benzene rings is 1. The highest BCUT2D eigenvalue weighted by Crippen LogP contribution is 2.48. The fourth-order valence-electron chi connectivity index (χ4n) is 5.29. The Morgan fingerprint density at radius 2 is 2.00 bits per heavy atom. The van der Waals surface area contributed by atoms with Gasteiger partial charge in [-0.3, -0.25) is 14.6 Å². The van der Waals surface area contributed by atoms with Crippen LogP contribution < -0.4 is 14.8 Å². The van der Waals surface area contributed by atoms with Gasteiger partial charge in [0.2, 0.25) is 5.91 Å². The molecule has 2 aliphatic rings. The molecule has 1 N–H and O–H groups in total. The molecule has 0 saturated heterocycles. The Hall–Kier alpha value is -2.66. The molecule has 0 aromatic heterocycles. The maximum Gasteiger partial charge on any atom is 0.216 e. The normalized spacial score (nSPS) is 21.1. The molecule has 0 saturated carbocycles. The van der Waals surface area contributed by atoms with Crippen molar-refractivity contribution in [3.05, 3.63) is 33.4 Å². The lowest BCUT2D eigenvalue weighted by Gasteiger charge is -2.35. The molecule has 1 aromatic rings. The Balaban J connectivity index is 1.86. The Labute approximate surface area is 228 Å². The SMILES string of the molecule is CCCC1CC(=O)C2=C(C1)N=C(C)C(C#N)C2c1cc(Br)c(OCCCCCNC(C)=O)c(OCC)c1. The highest BCUT2D eigenvalue weighted by Gasteiger charge is 2.41. The van der Waals surface area contributed by atoms with Crippen molar-refractivity contribution in [2.45, 2.75) is 78.6 Å². The third-order valence-electron chi connectivity index (χ3n) is 6.94. The number of unbranched alkanes of at least 4 members (excludes halogenated alkanes) is 2. The second-order valence-electron chi connectivity index (χ2n) is 9.84. The average molecular weight is 573 g/mol. The Morgan fingerprint density at radius 1 is 1.22 bits per heavy atom. The minimum absolute atomic E-state index is 0.0155. The average Bonchev–Trinajstić information content (AvgIpc) is 2.84. The summed E-state index contributed by atoms with van der Waals surface area (Å²) >= 11 is 3.67. The largest absolute Gasteiger partial charge is 0.490 e. The lowest BCUT2D eigenvalue weighted by molar-refractivity contribution is -0.119. The molecule has 8 heteroatoms. The van der Waals surface area contributed by atoms with Gasteiger partial charge in [0.25, 0.3) is 0 Å². The minimum Gasteiger partial charge on any atom is -0.490 e. The third-order valence-corrected chi connectivity index (χ3v) is 7.53. The second kappa shape index (κ2) is 13.8. The summed E-state index contributed by atoms with van der Waals surface area (Å²) in [5.41, 5.74) is 3.14. The molecular formula is C29H38BrN3O4. The summed E-state index contributed by atoms with van der Waals surface area (Å²) in [6.45, 7) is 9.10. The summed E-state index contributed by atoms with van der Waals surface area (Å²) < 4.78 is 12.8. The lowest BCUT2D eigenvalue weighted by Crippen LogP contribution is -2.32. The molecule has 0 fully saturated rings. The molecule has 1 aliphatic carbocycles. The number of nitriles is 1. The number of carbonyl (C=O) groups excluding carboxylic acids is 2. The van der Waals surface area contributed by atoms with E-state index >= 15 is 0 Å². The number of ether oxygens (including phenoxy) is 2. The van der Waals surface area contributed by atoms with E-state index in [1.54, 1.807) is 0 Å². The van der Waals surface area contributed by atoms with Crippen LogP contribution in [0.1, 0.15) is 84.1 Å². The van der Waals surface area contributed by atoms with E-state index in [0.717, 1.165) is 60.0 Å². The summed E-state index contributed by atoms with van der Waals surface area (Å²) in [7, 11) is 0. The molecule has 3 rings (SSSR count). The summed E-state index contributed by atoms with van der Waals surface area (Å²) in [6.07, 6.45) is 6.00. The fraction of sp³-hybridized carbons (Fsp3) is 0.586. The van der Waals surface area contributed by atoms with Gasteiger partial charge in [-0.25, -0.2) is 0 Å². The molecule has 7 nitrogen and oxygen atoms in total. The molecule has 3 atom stereocenters. The van der Waals surface area contributed by atoms with Crippen molar-refractivity contribution in [1.29, 1.82) is 5.26 Å². The molecule has 0 spiro atoms. The second-order valence-corrected chi connectivity index (χ2v) is 10.7. The maximum atomic E-state index is 13.4. The molecule has 3 unspecified atom stereocenters. The molecular weight excluding hydrogens is 534 g/mol. The first-order chi connectivity index (χ1) is 17.8. The molecule has 0 radical (unpaired) electrons. The van der Waals surface area contributed by atoms with Crippen molar-refractivity contribution < 1.29 is 19.1 Å². The number of Topliss-reactive ketones (excluding diaryl/α,β-unsaturated/α-hetero) is 1. The van der Waals surface area contributed by atoms with Crippen molar-refractivity contribution in [2.75, 3.05) is 19.8 Å². The summed E-state index contributed by atoms with van der Waals surface area (Å²) in [5.74, 6) is 0.721. The first-order valence-corrected chi connectivity index (χ1v) is 14.1. The number of hydrogen-bond acceptors (Lipinski definition) is 6. The zero-order chi connectivity index (χ0) is 26.9. The third kappa shape index (κ3) is 7.22. The Morgan fingerprint density at radius 3 is 2.68 bits per heavy atom. The van der Waals surface area contributed by atoms with Gasteiger partial charge in [0, 0.05) is 42.8 Å². The zero-order valence-electron chi connectivity index (χ0n) is 22.4. The van der Waals surface area contributed by atoms with Gasteiger partial charge < -0.3 is 14.8 Å². The van der Waals surface area contributed by atoms with E-state index in [2.05, 4.69) is 34.2 Å². The molecule has 0 bridgehead atoms. The van der Waals surface area contributed by atoms with Crippen molar-refractivity contribution in [1.82, 2.24) is 5.32 Å². The van der Waals surface area contributed by atoms with Gasteiger partial charge in [-0.15, -0.1) is 0 Å². The van der Waals surface area contributed by atoms with E-state index in [-0.39, 0.29) is 17.6 Å². The predicted molar refractivity (Wildman–Crippen MR) is 148 cm³/mol. The van der Waals surface area contributed by atoms with Crippen LogP contribution >= 0.6 is 15.9 Å². The van der Waals surface area contributed by atoms with Crippen molar-refractivity contribution in [3.8, 4) is 17.6 Å². The number of allylic oxidation sites excluding steroid dienone is 2. The van der Waals surface area contributed by atoms with Crippen LogP contribution in [0.15, 0.2) is 32.9 Å². The van der Waals surface area contributed by atoms with Crippen molar-refractivity contribution in [3.63, 3.8) is 0 Å². The van der Waals surface area contributed by atoms with Crippen molar-refractivity contribution in [2.24, 2.45) is 16.8 Å². The maximum absolute atomic E-state index is 13.4. The van der Waals surface area contributed by atoms with Gasteiger partial charge in [0.05, 0.1) is 29.7 Å². The van der Waals surface area contributed by atoms with Crippen LogP contribution in [-0.4, -0.2) is 37.2 Å². The zero-order valence-corrected chi connectivity index (χ0v) is 23.9. The monoisotopic (exact) mass is 571 g/mol. The highest BCUT2D eigenvalue weighted by atomic mass is 79.9. The predicted octanol–water partition coefficient (Wildman–Crippen LogP) is 6.26. The minimum atomic E-state index is -0.512.